The first kappa shape index (κ1) is 18.4. The highest BCUT2D eigenvalue weighted by atomic mass is 32.2. The smallest absolute Gasteiger partial charge is 0.493 e. The van der Waals surface area contributed by atoms with Crippen molar-refractivity contribution in [3.05, 3.63) is 41.7 Å². The molecule has 0 bridgehead atoms. The number of aromatic amines is 1. The number of hydrogen-bond acceptors (Lipinski definition) is 5. The van der Waals surface area contributed by atoms with E-state index in [1.807, 2.05) is 19.9 Å². The normalized spacial score (nSPS) is 11.7. The minimum atomic E-state index is -4.72. The summed E-state index contributed by atoms with van der Waals surface area (Å²) < 4.78 is 46.4. The molecule has 0 aliphatic heterocycles. The maximum atomic E-state index is 12.3. The number of imidazole rings is 1. The fourth-order valence-electron chi connectivity index (χ4n) is 2.38. The average Bonchev–Trinajstić information content (AvgIpc) is 2.96. The molecule has 0 saturated heterocycles. The lowest BCUT2D eigenvalue weighted by Crippen LogP contribution is -2.16. The zero-order valence-electron chi connectivity index (χ0n) is 14.1. The Kier molecular flexibility index (Phi) is 5.26. The summed E-state index contributed by atoms with van der Waals surface area (Å²) in [6, 6.07) is 5.81. The molecule has 5 nitrogen and oxygen atoms in total. The van der Waals surface area contributed by atoms with Gasteiger partial charge in [-0.15, -0.1) is 13.2 Å². The minimum absolute atomic E-state index is 0.285. The van der Waals surface area contributed by atoms with Gasteiger partial charge in [0.05, 0.1) is 23.3 Å². The van der Waals surface area contributed by atoms with Gasteiger partial charge in [-0.1, -0.05) is 11.8 Å². The number of pyridine rings is 1. The number of halogens is 3. The number of H-pyrrole nitrogens is 1. The predicted molar refractivity (Wildman–Crippen MR) is 92.5 cm³/mol. The van der Waals surface area contributed by atoms with Crippen LogP contribution in [0.25, 0.3) is 11.0 Å². The molecule has 26 heavy (non-hydrogen) atoms. The van der Waals surface area contributed by atoms with E-state index in [0.29, 0.717) is 28.5 Å². The molecular weight excluding hydrogens is 367 g/mol. The number of fused-ring (bicyclic) bond motifs is 1. The Morgan fingerprint density at radius 3 is 2.77 bits per heavy atom. The van der Waals surface area contributed by atoms with Gasteiger partial charge in [-0.25, -0.2) is 4.98 Å². The van der Waals surface area contributed by atoms with Crippen LogP contribution < -0.4 is 9.47 Å². The first-order valence-electron chi connectivity index (χ1n) is 7.81. The maximum Gasteiger partial charge on any atom is 0.573 e. The van der Waals surface area contributed by atoms with Gasteiger partial charge < -0.3 is 14.5 Å². The molecule has 0 fully saturated rings. The zero-order chi connectivity index (χ0) is 18.7. The van der Waals surface area contributed by atoms with E-state index < -0.39 is 6.36 Å². The van der Waals surface area contributed by atoms with Crippen molar-refractivity contribution in [1.29, 1.82) is 0 Å². The molecule has 1 aromatic carbocycles. The third-order valence-electron chi connectivity index (χ3n) is 3.57. The van der Waals surface area contributed by atoms with Gasteiger partial charge in [0.15, 0.2) is 5.16 Å². The van der Waals surface area contributed by atoms with Gasteiger partial charge in [0, 0.05) is 23.6 Å². The van der Waals surface area contributed by atoms with E-state index in [1.54, 1.807) is 6.20 Å². The SMILES string of the molecule is CCOc1ccnc(CSc2nc3ccc(OC(F)(F)F)cc3[nH]2)c1C. The molecule has 9 heteroatoms. The molecular formula is C17H16F3N3O2S. The second kappa shape index (κ2) is 7.45. The summed E-state index contributed by atoms with van der Waals surface area (Å²) in [5.41, 5.74) is 2.86. The van der Waals surface area contributed by atoms with Crippen molar-refractivity contribution in [2.75, 3.05) is 6.61 Å². The molecule has 0 amide bonds. The predicted octanol–water partition coefficient (Wildman–Crippen LogP) is 4.86. The minimum Gasteiger partial charge on any atom is -0.493 e. The van der Waals surface area contributed by atoms with Crippen LogP contribution in [-0.4, -0.2) is 27.9 Å². The van der Waals surface area contributed by atoms with Gasteiger partial charge in [0.2, 0.25) is 0 Å². The molecule has 138 valence electrons. The number of nitrogens with one attached hydrogen (secondary N) is 1. The summed E-state index contributed by atoms with van der Waals surface area (Å²) in [7, 11) is 0. The fraction of sp³-hybridized carbons (Fsp3) is 0.294. The summed E-state index contributed by atoms with van der Waals surface area (Å²) in [5.74, 6) is 1.06. The van der Waals surface area contributed by atoms with Gasteiger partial charge >= 0.3 is 6.36 Å². The van der Waals surface area contributed by atoms with Gasteiger partial charge in [-0.3, -0.25) is 4.98 Å². The Morgan fingerprint density at radius 2 is 2.04 bits per heavy atom. The third kappa shape index (κ3) is 4.40. The van der Waals surface area contributed by atoms with E-state index in [1.165, 1.54) is 30.0 Å². The quantitative estimate of drug-likeness (QED) is 0.616. The fourth-order valence-corrected chi connectivity index (χ4v) is 3.29. The summed E-state index contributed by atoms with van der Waals surface area (Å²) in [5, 5.41) is 0.590. The van der Waals surface area contributed by atoms with Crippen LogP contribution in [0.1, 0.15) is 18.2 Å². The Hall–Kier alpha value is -2.42. The van der Waals surface area contributed by atoms with Gasteiger partial charge in [-0.2, -0.15) is 0 Å². The highest BCUT2D eigenvalue weighted by molar-refractivity contribution is 7.98. The van der Waals surface area contributed by atoms with Crippen LogP contribution in [0.3, 0.4) is 0 Å². The van der Waals surface area contributed by atoms with E-state index in [0.717, 1.165) is 17.0 Å². The van der Waals surface area contributed by atoms with Crippen LogP contribution >= 0.6 is 11.8 Å². The molecule has 0 unspecified atom stereocenters. The number of benzene rings is 1. The van der Waals surface area contributed by atoms with Gasteiger partial charge in [0.1, 0.15) is 11.5 Å². The molecule has 1 N–H and O–H groups in total. The highest BCUT2D eigenvalue weighted by Crippen LogP contribution is 2.29. The first-order valence-corrected chi connectivity index (χ1v) is 8.80. The van der Waals surface area contributed by atoms with Crippen molar-refractivity contribution in [3.63, 3.8) is 0 Å². The Balaban J connectivity index is 1.74. The summed E-state index contributed by atoms with van der Waals surface area (Å²) >= 11 is 1.41. The molecule has 0 radical (unpaired) electrons. The van der Waals surface area contributed by atoms with Crippen molar-refractivity contribution in [1.82, 2.24) is 15.0 Å². The van der Waals surface area contributed by atoms with E-state index in [4.69, 9.17) is 4.74 Å². The van der Waals surface area contributed by atoms with Crippen molar-refractivity contribution in [2.24, 2.45) is 0 Å². The van der Waals surface area contributed by atoms with Crippen molar-refractivity contribution in [2.45, 2.75) is 31.1 Å². The standard InChI is InChI=1S/C17H16F3N3O2S/c1-3-24-15-6-7-21-14(10(15)2)9-26-16-22-12-5-4-11(8-13(12)23-16)25-17(18,19)20/h4-8H,3,9H2,1-2H3,(H,22,23). The second-order valence-corrected chi connectivity index (χ2v) is 6.34. The largest absolute Gasteiger partial charge is 0.573 e. The summed E-state index contributed by atoms with van der Waals surface area (Å²) in [6.45, 7) is 4.43. The van der Waals surface area contributed by atoms with Crippen LogP contribution in [-0.2, 0) is 5.75 Å². The van der Waals surface area contributed by atoms with Crippen LogP contribution in [0, 0.1) is 6.92 Å². The van der Waals surface area contributed by atoms with E-state index in [-0.39, 0.29) is 5.75 Å². The van der Waals surface area contributed by atoms with Crippen molar-refractivity contribution >= 4 is 22.8 Å². The van der Waals surface area contributed by atoms with E-state index in [9.17, 15) is 13.2 Å². The first-order chi connectivity index (χ1) is 12.4. The van der Waals surface area contributed by atoms with Crippen LogP contribution in [0.2, 0.25) is 0 Å². The number of ether oxygens (including phenoxy) is 2. The average molecular weight is 383 g/mol. The Bertz CT molecular complexity index is 912. The lowest BCUT2D eigenvalue weighted by molar-refractivity contribution is -0.274. The summed E-state index contributed by atoms with van der Waals surface area (Å²) in [6.07, 6.45) is -3.03. The molecule has 3 aromatic rings. The second-order valence-electron chi connectivity index (χ2n) is 5.37. The van der Waals surface area contributed by atoms with Crippen LogP contribution in [0.4, 0.5) is 13.2 Å². The Labute approximate surface area is 151 Å². The highest BCUT2D eigenvalue weighted by Gasteiger charge is 2.31. The molecule has 0 atom stereocenters. The van der Waals surface area contributed by atoms with Gasteiger partial charge in [-0.05, 0) is 32.0 Å². The maximum absolute atomic E-state index is 12.3. The number of alkyl halides is 3. The lowest BCUT2D eigenvalue weighted by Gasteiger charge is -2.09. The van der Waals surface area contributed by atoms with Crippen molar-refractivity contribution < 1.29 is 22.6 Å². The van der Waals surface area contributed by atoms with Crippen LogP contribution in [0.15, 0.2) is 35.6 Å². The molecule has 2 heterocycles. The Morgan fingerprint density at radius 1 is 1.23 bits per heavy atom. The van der Waals surface area contributed by atoms with E-state index >= 15 is 0 Å². The monoisotopic (exact) mass is 383 g/mol. The number of rotatable bonds is 6. The molecule has 0 spiro atoms. The lowest BCUT2D eigenvalue weighted by atomic mass is 10.2. The third-order valence-corrected chi connectivity index (χ3v) is 4.45. The number of hydrogen-bond donors (Lipinski definition) is 1. The number of aromatic nitrogens is 3. The molecule has 3 rings (SSSR count). The molecule has 2 aromatic heterocycles. The number of thioether (sulfide) groups is 1. The van der Waals surface area contributed by atoms with Gasteiger partial charge in [0.25, 0.3) is 0 Å². The van der Waals surface area contributed by atoms with Crippen molar-refractivity contribution in [3.8, 4) is 11.5 Å². The molecule has 0 aliphatic carbocycles. The topological polar surface area (TPSA) is 60.0 Å². The molecule has 0 aliphatic rings. The zero-order valence-corrected chi connectivity index (χ0v) is 14.9. The van der Waals surface area contributed by atoms with Crippen LogP contribution in [0.5, 0.6) is 11.5 Å². The number of nitrogens with zero attached hydrogens (tertiary/aromatic N) is 2. The summed E-state index contributed by atoms with van der Waals surface area (Å²) in [4.78, 5) is 11.7. The molecule has 0 saturated carbocycles. The van der Waals surface area contributed by atoms with E-state index in [2.05, 4.69) is 19.7 Å².